The molecular formula is C13H13NO3. The van der Waals surface area contributed by atoms with Gasteiger partial charge < -0.3 is 14.4 Å². The van der Waals surface area contributed by atoms with Crippen LogP contribution in [-0.4, -0.2) is 16.3 Å². The summed E-state index contributed by atoms with van der Waals surface area (Å²) >= 11 is 0. The highest BCUT2D eigenvalue weighted by molar-refractivity contribution is 5.37. The number of aromatic nitrogens is 1. The molecule has 88 valence electrons. The van der Waals surface area contributed by atoms with Gasteiger partial charge in [-0.1, -0.05) is 18.2 Å². The first-order chi connectivity index (χ1) is 8.27. The molecule has 0 fully saturated rings. The van der Waals surface area contributed by atoms with Crippen LogP contribution in [0.1, 0.15) is 0 Å². The van der Waals surface area contributed by atoms with Crippen LogP contribution in [0.15, 0.2) is 53.5 Å². The summed E-state index contributed by atoms with van der Waals surface area (Å²) in [6.45, 7) is 0.787. The number of aromatic hydroxyl groups is 1. The number of phenolic OH excluding ortho intramolecular Hbond substituents is 1. The average Bonchev–Trinajstić information content (AvgIpc) is 2.34. The van der Waals surface area contributed by atoms with E-state index in [4.69, 9.17) is 4.74 Å². The van der Waals surface area contributed by atoms with Gasteiger partial charge in [0.15, 0.2) is 11.5 Å². The van der Waals surface area contributed by atoms with E-state index < -0.39 is 0 Å². The van der Waals surface area contributed by atoms with Crippen molar-refractivity contribution < 1.29 is 9.84 Å². The first-order valence-corrected chi connectivity index (χ1v) is 5.33. The lowest BCUT2D eigenvalue weighted by Crippen LogP contribution is -2.21. The Labute approximate surface area is 98.7 Å². The van der Waals surface area contributed by atoms with Crippen LogP contribution in [0.4, 0.5) is 0 Å². The zero-order chi connectivity index (χ0) is 12.1. The number of hydrogen-bond donors (Lipinski definition) is 1. The van der Waals surface area contributed by atoms with Gasteiger partial charge in [0.05, 0.1) is 6.54 Å². The lowest BCUT2D eigenvalue weighted by molar-refractivity contribution is 0.282. The molecule has 0 saturated carbocycles. The van der Waals surface area contributed by atoms with Gasteiger partial charge in [0.25, 0.3) is 5.56 Å². The second-order valence-electron chi connectivity index (χ2n) is 3.55. The van der Waals surface area contributed by atoms with Crippen LogP contribution in [0.2, 0.25) is 0 Å². The van der Waals surface area contributed by atoms with Gasteiger partial charge in [-0.2, -0.15) is 0 Å². The summed E-state index contributed by atoms with van der Waals surface area (Å²) in [5, 5.41) is 9.47. The van der Waals surface area contributed by atoms with Gasteiger partial charge in [0.2, 0.25) is 0 Å². The van der Waals surface area contributed by atoms with E-state index in [9.17, 15) is 9.90 Å². The van der Waals surface area contributed by atoms with E-state index in [0.717, 1.165) is 0 Å². The average molecular weight is 231 g/mol. The molecule has 1 N–H and O–H groups in total. The molecule has 0 radical (unpaired) electrons. The fourth-order valence-corrected chi connectivity index (χ4v) is 1.48. The van der Waals surface area contributed by atoms with Gasteiger partial charge in [-0.05, 0) is 18.2 Å². The fourth-order valence-electron chi connectivity index (χ4n) is 1.48. The second kappa shape index (κ2) is 5.21. The third-order valence-corrected chi connectivity index (χ3v) is 2.35. The quantitative estimate of drug-likeness (QED) is 0.870. The molecule has 4 nitrogen and oxygen atoms in total. The minimum atomic E-state index is -0.0617. The van der Waals surface area contributed by atoms with Crippen LogP contribution < -0.4 is 10.3 Å². The number of para-hydroxylation sites is 2. The molecule has 2 aromatic rings. The first kappa shape index (κ1) is 11.3. The maximum absolute atomic E-state index is 11.4. The highest BCUT2D eigenvalue weighted by Gasteiger charge is 2.00. The normalized spacial score (nSPS) is 10.1. The maximum Gasteiger partial charge on any atom is 0.250 e. The SMILES string of the molecule is O=c1ccccn1CCOc1ccccc1O. The molecular weight excluding hydrogens is 218 g/mol. The summed E-state index contributed by atoms with van der Waals surface area (Å²) < 4.78 is 6.94. The first-order valence-electron chi connectivity index (χ1n) is 5.33. The standard InChI is InChI=1S/C13H13NO3/c15-11-5-1-2-6-12(11)17-10-9-14-8-4-3-7-13(14)16/h1-8,15H,9-10H2. The smallest absolute Gasteiger partial charge is 0.250 e. The van der Waals surface area contributed by atoms with Crippen molar-refractivity contribution in [2.45, 2.75) is 6.54 Å². The molecule has 1 aromatic carbocycles. The highest BCUT2D eigenvalue weighted by atomic mass is 16.5. The van der Waals surface area contributed by atoms with Gasteiger partial charge in [0, 0.05) is 12.3 Å². The number of benzene rings is 1. The van der Waals surface area contributed by atoms with Gasteiger partial charge in [-0.15, -0.1) is 0 Å². The van der Waals surface area contributed by atoms with E-state index in [1.54, 1.807) is 47.2 Å². The Morgan fingerprint density at radius 2 is 1.88 bits per heavy atom. The Morgan fingerprint density at radius 1 is 1.12 bits per heavy atom. The molecule has 0 aliphatic rings. The topological polar surface area (TPSA) is 51.5 Å². The minimum absolute atomic E-state index is 0.0617. The van der Waals surface area contributed by atoms with Gasteiger partial charge in [-0.3, -0.25) is 4.79 Å². The van der Waals surface area contributed by atoms with Gasteiger partial charge in [-0.25, -0.2) is 0 Å². The summed E-state index contributed by atoms with van der Waals surface area (Å²) in [5.74, 6) is 0.532. The summed E-state index contributed by atoms with van der Waals surface area (Å²) in [5.41, 5.74) is -0.0617. The lowest BCUT2D eigenvalue weighted by atomic mass is 10.3. The van der Waals surface area contributed by atoms with Crippen molar-refractivity contribution in [3.8, 4) is 11.5 Å². The molecule has 0 unspecified atom stereocenters. The molecule has 0 aliphatic carbocycles. The number of pyridine rings is 1. The molecule has 2 rings (SSSR count). The fraction of sp³-hybridized carbons (Fsp3) is 0.154. The summed E-state index contributed by atoms with van der Waals surface area (Å²) in [7, 11) is 0. The molecule has 17 heavy (non-hydrogen) atoms. The van der Waals surface area contributed by atoms with Crippen molar-refractivity contribution in [2.75, 3.05) is 6.61 Å². The van der Waals surface area contributed by atoms with Crippen LogP contribution in [-0.2, 0) is 6.54 Å². The van der Waals surface area contributed by atoms with Gasteiger partial charge in [0.1, 0.15) is 6.61 Å². The zero-order valence-electron chi connectivity index (χ0n) is 9.24. The molecule has 0 saturated heterocycles. The van der Waals surface area contributed by atoms with E-state index in [1.807, 2.05) is 0 Å². The Kier molecular flexibility index (Phi) is 3.45. The maximum atomic E-state index is 11.4. The monoisotopic (exact) mass is 231 g/mol. The van der Waals surface area contributed by atoms with Crippen molar-refractivity contribution in [3.05, 3.63) is 59.0 Å². The number of phenols is 1. The summed E-state index contributed by atoms with van der Waals surface area (Å²) in [4.78, 5) is 11.4. The summed E-state index contributed by atoms with van der Waals surface area (Å²) in [6.07, 6.45) is 1.70. The number of ether oxygens (including phenoxy) is 1. The predicted molar refractivity (Wildman–Crippen MR) is 64.3 cm³/mol. The summed E-state index contributed by atoms with van der Waals surface area (Å²) in [6, 6.07) is 11.7. The second-order valence-corrected chi connectivity index (χ2v) is 3.55. The van der Waals surface area contributed by atoms with Crippen molar-refractivity contribution >= 4 is 0 Å². The number of hydrogen-bond acceptors (Lipinski definition) is 3. The van der Waals surface area contributed by atoms with Crippen molar-refractivity contribution in [1.82, 2.24) is 4.57 Å². The van der Waals surface area contributed by atoms with Crippen molar-refractivity contribution in [2.24, 2.45) is 0 Å². The van der Waals surface area contributed by atoms with E-state index in [2.05, 4.69) is 0 Å². The number of nitrogens with zero attached hydrogens (tertiary/aromatic N) is 1. The van der Waals surface area contributed by atoms with E-state index >= 15 is 0 Å². The largest absolute Gasteiger partial charge is 0.504 e. The van der Waals surface area contributed by atoms with Gasteiger partial charge >= 0.3 is 0 Å². The zero-order valence-corrected chi connectivity index (χ0v) is 9.24. The van der Waals surface area contributed by atoms with Crippen molar-refractivity contribution in [3.63, 3.8) is 0 Å². The lowest BCUT2D eigenvalue weighted by Gasteiger charge is -2.08. The Balaban J connectivity index is 1.95. The predicted octanol–water partition coefficient (Wildman–Crippen LogP) is 1.63. The number of rotatable bonds is 4. The molecule has 0 spiro atoms. The molecule has 0 aliphatic heterocycles. The van der Waals surface area contributed by atoms with Crippen LogP contribution >= 0.6 is 0 Å². The molecule has 1 heterocycles. The van der Waals surface area contributed by atoms with Crippen LogP contribution in [0, 0.1) is 0 Å². The van der Waals surface area contributed by atoms with E-state index in [0.29, 0.717) is 18.9 Å². The molecule has 0 atom stereocenters. The molecule has 4 heteroatoms. The van der Waals surface area contributed by atoms with E-state index in [1.165, 1.54) is 6.07 Å². The Hall–Kier alpha value is -2.23. The third-order valence-electron chi connectivity index (χ3n) is 2.35. The third kappa shape index (κ3) is 2.87. The van der Waals surface area contributed by atoms with Crippen LogP contribution in [0.25, 0.3) is 0 Å². The van der Waals surface area contributed by atoms with Crippen LogP contribution in [0.3, 0.4) is 0 Å². The molecule has 0 bridgehead atoms. The Bertz CT molecular complexity index is 548. The minimum Gasteiger partial charge on any atom is -0.504 e. The molecule has 0 amide bonds. The molecule has 1 aromatic heterocycles. The Morgan fingerprint density at radius 3 is 2.65 bits per heavy atom. The van der Waals surface area contributed by atoms with E-state index in [-0.39, 0.29) is 11.3 Å². The van der Waals surface area contributed by atoms with Crippen molar-refractivity contribution in [1.29, 1.82) is 0 Å². The highest BCUT2D eigenvalue weighted by Crippen LogP contribution is 2.23. The van der Waals surface area contributed by atoms with Crippen LogP contribution in [0.5, 0.6) is 11.5 Å².